The Morgan fingerprint density at radius 1 is 1.62 bits per heavy atom. The molecule has 0 radical (unpaired) electrons. The lowest BCUT2D eigenvalue weighted by molar-refractivity contribution is 0.421. The minimum atomic E-state index is -0.281. The van der Waals surface area contributed by atoms with Crippen molar-refractivity contribution in [3.05, 3.63) is 22.6 Å². The molecule has 0 aromatic carbocycles. The Bertz CT molecular complexity index is 385. The van der Waals surface area contributed by atoms with Crippen molar-refractivity contribution in [3.63, 3.8) is 0 Å². The number of nitrogens with zero attached hydrogens (tertiary/aromatic N) is 2. The highest BCUT2D eigenvalue weighted by molar-refractivity contribution is 9.10. The summed E-state index contributed by atoms with van der Waals surface area (Å²) in [7, 11) is 0. The summed E-state index contributed by atoms with van der Waals surface area (Å²) in [5.74, 6) is 0.152. The van der Waals surface area contributed by atoms with Gasteiger partial charge in [-0.2, -0.15) is 0 Å². The first-order valence-electron chi connectivity index (χ1n) is 5.41. The van der Waals surface area contributed by atoms with Gasteiger partial charge in [0.05, 0.1) is 0 Å². The molecule has 5 heteroatoms. The van der Waals surface area contributed by atoms with Crippen LogP contribution in [0, 0.1) is 5.82 Å². The number of hydrogen-bond donors (Lipinski definition) is 1. The molecule has 0 aliphatic carbocycles. The first kappa shape index (κ1) is 11.8. The van der Waals surface area contributed by atoms with E-state index in [-0.39, 0.29) is 17.9 Å². The number of pyridine rings is 1. The maximum Gasteiger partial charge on any atom is 0.166 e. The van der Waals surface area contributed by atoms with E-state index in [2.05, 4.69) is 27.8 Å². The predicted molar refractivity (Wildman–Crippen MR) is 65.9 cm³/mol. The standard InChI is InChI=1S/C11H15BrFN3/c1-7-4-9(14)2-3-16(7)11-10(13)5-8(12)6-15-11/h5-7,9H,2-4,14H2,1H3. The summed E-state index contributed by atoms with van der Waals surface area (Å²) in [5, 5.41) is 0. The van der Waals surface area contributed by atoms with Gasteiger partial charge in [-0.05, 0) is 41.8 Å². The van der Waals surface area contributed by atoms with E-state index in [0.29, 0.717) is 10.3 Å². The average Bonchev–Trinajstić information content (AvgIpc) is 2.19. The fraction of sp³-hybridized carbons (Fsp3) is 0.545. The van der Waals surface area contributed by atoms with E-state index in [0.717, 1.165) is 19.4 Å². The molecule has 0 bridgehead atoms. The van der Waals surface area contributed by atoms with Gasteiger partial charge in [0.25, 0.3) is 0 Å². The van der Waals surface area contributed by atoms with E-state index in [1.54, 1.807) is 6.20 Å². The van der Waals surface area contributed by atoms with Gasteiger partial charge in [0.15, 0.2) is 11.6 Å². The van der Waals surface area contributed by atoms with Crippen LogP contribution in [0.25, 0.3) is 0 Å². The monoisotopic (exact) mass is 287 g/mol. The van der Waals surface area contributed by atoms with Crippen molar-refractivity contribution >= 4 is 21.7 Å². The highest BCUT2D eigenvalue weighted by Gasteiger charge is 2.26. The lowest BCUT2D eigenvalue weighted by Gasteiger charge is -2.37. The van der Waals surface area contributed by atoms with E-state index in [1.165, 1.54) is 6.07 Å². The lowest BCUT2D eigenvalue weighted by atomic mass is 9.99. The number of anilines is 1. The molecule has 2 heterocycles. The number of halogens is 2. The van der Waals surface area contributed by atoms with Crippen LogP contribution >= 0.6 is 15.9 Å². The molecule has 0 amide bonds. The van der Waals surface area contributed by atoms with Gasteiger partial charge in [-0.1, -0.05) is 0 Å². The van der Waals surface area contributed by atoms with Crippen molar-refractivity contribution in [2.75, 3.05) is 11.4 Å². The molecule has 0 saturated carbocycles. The van der Waals surface area contributed by atoms with E-state index in [1.807, 2.05) is 4.90 Å². The second-order valence-electron chi connectivity index (χ2n) is 4.29. The van der Waals surface area contributed by atoms with Gasteiger partial charge >= 0.3 is 0 Å². The van der Waals surface area contributed by atoms with Gasteiger partial charge in [0.1, 0.15) is 0 Å². The summed E-state index contributed by atoms with van der Waals surface area (Å²) < 4.78 is 14.4. The first-order valence-corrected chi connectivity index (χ1v) is 6.20. The highest BCUT2D eigenvalue weighted by atomic mass is 79.9. The van der Waals surface area contributed by atoms with Crippen molar-refractivity contribution in [2.24, 2.45) is 5.73 Å². The zero-order chi connectivity index (χ0) is 11.7. The van der Waals surface area contributed by atoms with E-state index in [4.69, 9.17) is 5.73 Å². The molecule has 2 rings (SSSR count). The molecule has 1 saturated heterocycles. The van der Waals surface area contributed by atoms with Crippen molar-refractivity contribution in [1.29, 1.82) is 0 Å². The van der Waals surface area contributed by atoms with Crippen LogP contribution < -0.4 is 10.6 Å². The Morgan fingerprint density at radius 2 is 2.38 bits per heavy atom. The molecule has 16 heavy (non-hydrogen) atoms. The summed E-state index contributed by atoms with van der Waals surface area (Å²) in [5.41, 5.74) is 5.88. The SMILES string of the molecule is CC1CC(N)CCN1c1ncc(Br)cc1F. The van der Waals surface area contributed by atoms with Crippen molar-refractivity contribution < 1.29 is 4.39 Å². The number of rotatable bonds is 1. The van der Waals surface area contributed by atoms with Gasteiger partial charge in [-0.25, -0.2) is 9.37 Å². The van der Waals surface area contributed by atoms with Gasteiger partial charge in [-0.15, -0.1) is 0 Å². The van der Waals surface area contributed by atoms with E-state index < -0.39 is 0 Å². The summed E-state index contributed by atoms with van der Waals surface area (Å²) in [4.78, 5) is 6.13. The summed E-state index contributed by atoms with van der Waals surface area (Å²) in [6, 6.07) is 1.92. The number of aromatic nitrogens is 1. The molecule has 1 aromatic rings. The largest absolute Gasteiger partial charge is 0.351 e. The zero-order valence-electron chi connectivity index (χ0n) is 9.16. The number of nitrogens with two attached hydrogens (primary N) is 1. The number of piperidine rings is 1. The lowest BCUT2D eigenvalue weighted by Crippen LogP contribution is -2.46. The molecule has 2 atom stereocenters. The molecule has 1 fully saturated rings. The van der Waals surface area contributed by atoms with Gasteiger partial charge in [-0.3, -0.25) is 0 Å². The minimum Gasteiger partial charge on any atom is -0.351 e. The number of hydrogen-bond acceptors (Lipinski definition) is 3. The predicted octanol–water partition coefficient (Wildman–Crippen LogP) is 2.30. The van der Waals surface area contributed by atoms with Crippen LogP contribution in [-0.2, 0) is 0 Å². The second kappa shape index (κ2) is 4.67. The minimum absolute atomic E-state index is 0.227. The molecule has 88 valence electrons. The molecule has 2 unspecified atom stereocenters. The molecule has 3 nitrogen and oxygen atoms in total. The maximum atomic E-state index is 13.7. The zero-order valence-corrected chi connectivity index (χ0v) is 10.7. The first-order chi connectivity index (χ1) is 7.58. The van der Waals surface area contributed by atoms with Crippen molar-refractivity contribution in [2.45, 2.75) is 31.8 Å². The summed E-state index contributed by atoms with van der Waals surface area (Å²) in [6.45, 7) is 2.83. The van der Waals surface area contributed by atoms with Crippen LogP contribution in [0.4, 0.5) is 10.2 Å². The Morgan fingerprint density at radius 3 is 3.00 bits per heavy atom. The molecule has 0 spiro atoms. The Balaban J connectivity index is 2.23. The molecule has 1 aliphatic rings. The third kappa shape index (κ3) is 2.35. The average molecular weight is 288 g/mol. The van der Waals surface area contributed by atoms with Crippen molar-refractivity contribution in [3.8, 4) is 0 Å². The van der Waals surface area contributed by atoms with Gasteiger partial charge in [0.2, 0.25) is 0 Å². The van der Waals surface area contributed by atoms with Crippen LogP contribution in [0.1, 0.15) is 19.8 Å². The maximum absolute atomic E-state index is 13.7. The topological polar surface area (TPSA) is 42.1 Å². The molecule has 2 N–H and O–H groups in total. The van der Waals surface area contributed by atoms with Gasteiger partial charge < -0.3 is 10.6 Å². The third-order valence-electron chi connectivity index (χ3n) is 2.98. The van der Waals surface area contributed by atoms with Crippen LogP contribution in [0.2, 0.25) is 0 Å². The Kier molecular flexibility index (Phi) is 3.44. The Labute approximate surface area is 103 Å². The fourth-order valence-electron chi connectivity index (χ4n) is 2.14. The quantitative estimate of drug-likeness (QED) is 0.862. The molecule has 1 aliphatic heterocycles. The second-order valence-corrected chi connectivity index (χ2v) is 5.20. The van der Waals surface area contributed by atoms with E-state index >= 15 is 0 Å². The summed E-state index contributed by atoms with van der Waals surface area (Å²) >= 11 is 3.20. The van der Waals surface area contributed by atoms with Crippen LogP contribution in [0.5, 0.6) is 0 Å². The van der Waals surface area contributed by atoms with Crippen LogP contribution in [-0.4, -0.2) is 23.6 Å². The van der Waals surface area contributed by atoms with Crippen LogP contribution in [0.3, 0.4) is 0 Å². The third-order valence-corrected chi connectivity index (χ3v) is 3.41. The smallest absolute Gasteiger partial charge is 0.166 e. The normalized spacial score (nSPS) is 25.9. The van der Waals surface area contributed by atoms with Crippen LogP contribution in [0.15, 0.2) is 16.7 Å². The van der Waals surface area contributed by atoms with E-state index in [9.17, 15) is 4.39 Å². The van der Waals surface area contributed by atoms with Crippen molar-refractivity contribution in [1.82, 2.24) is 4.98 Å². The molecule has 1 aromatic heterocycles. The highest BCUT2D eigenvalue weighted by Crippen LogP contribution is 2.26. The fourth-order valence-corrected chi connectivity index (χ4v) is 2.45. The molecular formula is C11H15BrFN3. The van der Waals surface area contributed by atoms with Gasteiger partial charge in [0, 0.05) is 29.3 Å². The summed E-state index contributed by atoms with van der Waals surface area (Å²) in [6.07, 6.45) is 3.40. The molecular weight excluding hydrogens is 273 g/mol. The Hall–Kier alpha value is -0.680.